The summed E-state index contributed by atoms with van der Waals surface area (Å²) >= 11 is 3.40. The molecule has 2 aliphatic heterocycles. The largest absolute Gasteiger partial charge is 0.345 e. The zero-order valence-electron chi connectivity index (χ0n) is 19.3. The first-order valence-corrected chi connectivity index (χ1v) is 14.9. The maximum absolute atomic E-state index is 13.4. The number of fused-ring (bicyclic) bond motifs is 1. The molecule has 7 nitrogen and oxygen atoms in total. The minimum atomic E-state index is -3.70. The number of thioether (sulfide) groups is 1. The molecule has 0 N–H and O–H groups in total. The number of amides is 1. The molecule has 1 atom stereocenters. The molecule has 10 heteroatoms. The Kier molecular flexibility index (Phi) is 6.58. The highest BCUT2D eigenvalue weighted by atomic mass is 32.2. The van der Waals surface area contributed by atoms with Crippen LogP contribution in [-0.2, 0) is 14.8 Å². The molecule has 0 saturated carbocycles. The number of hydrogen-bond acceptors (Lipinski definition) is 7. The van der Waals surface area contributed by atoms with Gasteiger partial charge in [-0.25, -0.2) is 13.4 Å². The van der Waals surface area contributed by atoms with Crippen LogP contribution in [0.15, 0.2) is 52.3 Å². The summed E-state index contributed by atoms with van der Waals surface area (Å²) in [5.41, 5.74) is 2.00. The first-order valence-electron chi connectivity index (χ1n) is 11.4. The molecule has 180 valence electrons. The zero-order valence-corrected chi connectivity index (χ0v) is 21.8. The fourth-order valence-corrected chi connectivity index (χ4v) is 7.83. The van der Waals surface area contributed by atoms with Gasteiger partial charge in [-0.05, 0) is 56.4 Å². The Bertz CT molecular complexity index is 1300. The molecule has 0 spiro atoms. The Labute approximate surface area is 208 Å². The number of benzene rings is 2. The second-order valence-corrected chi connectivity index (χ2v) is 12.5. The van der Waals surface area contributed by atoms with Crippen LogP contribution < -0.4 is 4.90 Å². The molecule has 2 aromatic carbocycles. The van der Waals surface area contributed by atoms with Crippen LogP contribution in [0.3, 0.4) is 0 Å². The molecule has 0 bridgehead atoms. The van der Waals surface area contributed by atoms with E-state index in [-0.39, 0.29) is 10.8 Å². The number of piperazine rings is 1. The summed E-state index contributed by atoms with van der Waals surface area (Å²) in [6, 6.07) is 12.5. The zero-order chi connectivity index (χ0) is 23.9. The molecule has 5 rings (SSSR count). The Morgan fingerprint density at radius 3 is 2.50 bits per heavy atom. The summed E-state index contributed by atoms with van der Waals surface area (Å²) in [4.78, 5) is 23.7. The van der Waals surface area contributed by atoms with E-state index in [0.717, 1.165) is 16.2 Å². The molecule has 1 unspecified atom stereocenters. The number of carbonyl (C=O) groups excluding carboxylic acids is 1. The average molecular weight is 517 g/mol. The standard InChI is InChI=1S/C24H28N4O3S3/c1-17-5-8-19(9-6-17)34(30,31)28-11-3-4-21(28)23(29)26-12-14-27(15-13-26)24-25-20-10-7-18(32-2)16-22(20)33-24/h5-10,16,21H,3-4,11-15H2,1-2H3. The van der Waals surface area contributed by atoms with E-state index in [1.54, 1.807) is 47.4 Å². The third-order valence-electron chi connectivity index (χ3n) is 6.56. The lowest BCUT2D eigenvalue weighted by molar-refractivity contribution is -0.134. The quantitative estimate of drug-likeness (QED) is 0.480. The van der Waals surface area contributed by atoms with Crippen LogP contribution in [0.5, 0.6) is 0 Å². The van der Waals surface area contributed by atoms with E-state index in [1.165, 1.54) is 13.9 Å². The molecule has 3 aromatic rings. The Morgan fingerprint density at radius 1 is 1.06 bits per heavy atom. The van der Waals surface area contributed by atoms with Crippen molar-refractivity contribution in [2.45, 2.75) is 35.6 Å². The van der Waals surface area contributed by atoms with Crippen molar-refractivity contribution in [2.24, 2.45) is 0 Å². The minimum Gasteiger partial charge on any atom is -0.345 e. The van der Waals surface area contributed by atoms with Crippen molar-refractivity contribution < 1.29 is 13.2 Å². The lowest BCUT2D eigenvalue weighted by atomic mass is 10.2. The fraction of sp³-hybridized carbons (Fsp3) is 0.417. The highest BCUT2D eigenvalue weighted by Gasteiger charge is 2.41. The van der Waals surface area contributed by atoms with Crippen molar-refractivity contribution in [3.05, 3.63) is 48.0 Å². The van der Waals surface area contributed by atoms with Gasteiger partial charge in [-0.1, -0.05) is 29.0 Å². The highest BCUT2D eigenvalue weighted by Crippen LogP contribution is 2.33. The van der Waals surface area contributed by atoms with Gasteiger partial charge in [0.2, 0.25) is 15.9 Å². The average Bonchev–Trinajstić information content (AvgIpc) is 3.51. The van der Waals surface area contributed by atoms with Crippen LogP contribution >= 0.6 is 23.1 Å². The van der Waals surface area contributed by atoms with Gasteiger partial charge >= 0.3 is 0 Å². The van der Waals surface area contributed by atoms with Gasteiger partial charge in [-0.15, -0.1) is 11.8 Å². The first kappa shape index (κ1) is 23.6. The Hall–Kier alpha value is -2.14. The molecule has 1 aromatic heterocycles. The summed E-state index contributed by atoms with van der Waals surface area (Å²) in [5.74, 6) is -0.0817. The van der Waals surface area contributed by atoms with Crippen LogP contribution in [0.4, 0.5) is 5.13 Å². The van der Waals surface area contributed by atoms with Gasteiger partial charge in [0.1, 0.15) is 6.04 Å². The number of rotatable bonds is 5. The topological polar surface area (TPSA) is 73.8 Å². The summed E-state index contributed by atoms with van der Waals surface area (Å²) in [5, 5.41) is 0.977. The third-order valence-corrected chi connectivity index (χ3v) is 10.3. The maximum Gasteiger partial charge on any atom is 0.243 e. The molecule has 1 amide bonds. The van der Waals surface area contributed by atoms with E-state index in [1.807, 2.05) is 11.8 Å². The van der Waals surface area contributed by atoms with E-state index < -0.39 is 16.1 Å². The molecule has 2 aliphatic rings. The molecule has 2 saturated heterocycles. The number of aromatic nitrogens is 1. The van der Waals surface area contributed by atoms with Gasteiger partial charge in [-0.2, -0.15) is 4.31 Å². The summed E-state index contributed by atoms with van der Waals surface area (Å²) in [6.45, 7) is 4.83. The third kappa shape index (κ3) is 4.44. The van der Waals surface area contributed by atoms with E-state index in [4.69, 9.17) is 4.98 Å². The second-order valence-electron chi connectivity index (χ2n) is 8.73. The summed E-state index contributed by atoms with van der Waals surface area (Å²) < 4.78 is 29.1. The van der Waals surface area contributed by atoms with Gasteiger partial charge in [0.15, 0.2) is 5.13 Å². The van der Waals surface area contributed by atoms with Crippen LogP contribution in [-0.4, -0.2) is 73.5 Å². The number of nitrogens with zero attached hydrogens (tertiary/aromatic N) is 4. The summed E-state index contributed by atoms with van der Waals surface area (Å²) in [6.07, 6.45) is 3.34. The Morgan fingerprint density at radius 2 is 1.79 bits per heavy atom. The van der Waals surface area contributed by atoms with Gasteiger partial charge in [0, 0.05) is 37.6 Å². The van der Waals surface area contributed by atoms with E-state index in [0.29, 0.717) is 45.6 Å². The number of carbonyl (C=O) groups is 1. The highest BCUT2D eigenvalue weighted by molar-refractivity contribution is 7.98. The second kappa shape index (κ2) is 9.49. The normalized spacial score (nSPS) is 19.8. The molecular formula is C24H28N4O3S3. The smallest absolute Gasteiger partial charge is 0.243 e. The van der Waals surface area contributed by atoms with E-state index in [2.05, 4.69) is 29.4 Å². The molecule has 0 aliphatic carbocycles. The van der Waals surface area contributed by atoms with Crippen molar-refractivity contribution in [3.8, 4) is 0 Å². The number of thiazole rings is 1. The van der Waals surface area contributed by atoms with Crippen LogP contribution in [0.25, 0.3) is 10.2 Å². The van der Waals surface area contributed by atoms with Gasteiger partial charge in [0.05, 0.1) is 15.1 Å². The number of aryl methyl sites for hydroxylation is 1. The summed E-state index contributed by atoms with van der Waals surface area (Å²) in [7, 11) is -3.70. The van der Waals surface area contributed by atoms with Crippen molar-refractivity contribution in [1.82, 2.24) is 14.2 Å². The van der Waals surface area contributed by atoms with Crippen LogP contribution in [0.2, 0.25) is 0 Å². The van der Waals surface area contributed by atoms with Gasteiger partial charge < -0.3 is 9.80 Å². The molecule has 34 heavy (non-hydrogen) atoms. The predicted molar refractivity (Wildman–Crippen MR) is 138 cm³/mol. The minimum absolute atomic E-state index is 0.0817. The molecule has 3 heterocycles. The molecule has 2 fully saturated rings. The first-order chi connectivity index (χ1) is 16.4. The van der Waals surface area contributed by atoms with E-state index in [9.17, 15) is 13.2 Å². The van der Waals surface area contributed by atoms with Crippen molar-refractivity contribution >= 4 is 54.4 Å². The van der Waals surface area contributed by atoms with Crippen LogP contribution in [0, 0.1) is 6.92 Å². The number of anilines is 1. The van der Waals surface area contributed by atoms with Crippen molar-refractivity contribution in [1.29, 1.82) is 0 Å². The van der Waals surface area contributed by atoms with Crippen molar-refractivity contribution in [2.75, 3.05) is 43.9 Å². The van der Waals surface area contributed by atoms with Crippen molar-refractivity contribution in [3.63, 3.8) is 0 Å². The fourth-order valence-electron chi connectivity index (χ4n) is 4.60. The SMILES string of the molecule is CSc1ccc2nc(N3CCN(C(=O)C4CCCN4S(=O)(=O)c4ccc(C)cc4)CC3)sc2c1. The number of hydrogen-bond donors (Lipinski definition) is 0. The van der Waals surface area contributed by atoms with Gasteiger partial charge in [-0.3, -0.25) is 4.79 Å². The molecule has 0 radical (unpaired) electrons. The number of sulfonamides is 1. The van der Waals surface area contributed by atoms with Gasteiger partial charge in [0.25, 0.3) is 0 Å². The van der Waals surface area contributed by atoms with E-state index >= 15 is 0 Å². The van der Waals surface area contributed by atoms with Crippen LogP contribution in [0.1, 0.15) is 18.4 Å². The molecular weight excluding hydrogens is 488 g/mol. The lowest BCUT2D eigenvalue weighted by Crippen LogP contribution is -2.54. The monoisotopic (exact) mass is 516 g/mol. The maximum atomic E-state index is 13.4. The lowest BCUT2D eigenvalue weighted by Gasteiger charge is -2.37. The predicted octanol–water partition coefficient (Wildman–Crippen LogP) is 3.83. The Balaban J connectivity index is 1.26.